The van der Waals surface area contributed by atoms with Crippen molar-refractivity contribution in [1.29, 1.82) is 0 Å². The molecule has 2 saturated carbocycles. The van der Waals surface area contributed by atoms with Crippen LogP contribution in [0.25, 0.3) is 0 Å². The quantitative estimate of drug-likeness (QED) is 0.848. The Labute approximate surface area is 131 Å². The maximum absolute atomic E-state index is 13.1. The molecule has 0 bridgehead atoms. The molecule has 0 aromatic heterocycles. The molecule has 5 nitrogen and oxygen atoms in total. The fourth-order valence-electron chi connectivity index (χ4n) is 5.20. The predicted molar refractivity (Wildman–Crippen MR) is 79.2 cm³/mol. The lowest BCUT2D eigenvalue weighted by Crippen LogP contribution is -2.47. The van der Waals surface area contributed by atoms with Crippen LogP contribution >= 0.6 is 0 Å². The van der Waals surface area contributed by atoms with Crippen molar-refractivity contribution in [2.75, 3.05) is 13.2 Å². The van der Waals surface area contributed by atoms with E-state index in [4.69, 9.17) is 4.74 Å². The predicted octanol–water partition coefficient (Wildman–Crippen LogP) is 2.05. The number of carbonyl (C=O) groups is 2. The van der Waals surface area contributed by atoms with Gasteiger partial charge in [0.1, 0.15) is 6.04 Å². The summed E-state index contributed by atoms with van der Waals surface area (Å²) in [6, 6.07) is -0.405. The summed E-state index contributed by atoms with van der Waals surface area (Å²) in [6.45, 7) is 1.50. The van der Waals surface area contributed by atoms with Gasteiger partial charge in [-0.2, -0.15) is 0 Å². The molecule has 0 aromatic carbocycles. The van der Waals surface area contributed by atoms with Gasteiger partial charge in [-0.25, -0.2) is 4.79 Å². The van der Waals surface area contributed by atoms with E-state index in [1.54, 1.807) is 4.90 Å². The van der Waals surface area contributed by atoms with Crippen molar-refractivity contribution in [1.82, 2.24) is 4.90 Å². The van der Waals surface area contributed by atoms with Crippen LogP contribution in [0.15, 0.2) is 0 Å². The minimum Gasteiger partial charge on any atom is -0.480 e. The Morgan fingerprint density at radius 2 is 1.86 bits per heavy atom. The number of likely N-dealkylation sites (tertiary alicyclic amines) is 1. The third-order valence-electron chi connectivity index (χ3n) is 6.60. The van der Waals surface area contributed by atoms with Gasteiger partial charge >= 0.3 is 5.97 Å². The first kappa shape index (κ1) is 14.5. The second-order valence-corrected chi connectivity index (χ2v) is 7.68. The standard InChI is InChI=1S/C17H25NO4/c19-15(12-10-17(12)5-7-22-8-6-17)18-13-4-2-1-3-11(13)9-14(18)16(20)21/h11-14H,1-10H2,(H,20,21)/t11-,12-,13-,14-/m0/s1. The van der Waals surface area contributed by atoms with Gasteiger partial charge in [0.25, 0.3) is 0 Å². The zero-order valence-corrected chi connectivity index (χ0v) is 13.0. The smallest absolute Gasteiger partial charge is 0.326 e. The van der Waals surface area contributed by atoms with Gasteiger partial charge in [0.2, 0.25) is 5.91 Å². The van der Waals surface area contributed by atoms with E-state index in [-0.39, 0.29) is 23.3 Å². The number of fused-ring (bicyclic) bond motifs is 1. The fourth-order valence-corrected chi connectivity index (χ4v) is 5.20. The van der Waals surface area contributed by atoms with Gasteiger partial charge < -0.3 is 14.7 Å². The van der Waals surface area contributed by atoms with Gasteiger partial charge in [-0.1, -0.05) is 12.8 Å². The van der Waals surface area contributed by atoms with Crippen LogP contribution in [0.5, 0.6) is 0 Å². The van der Waals surface area contributed by atoms with Crippen LogP contribution in [0, 0.1) is 17.3 Å². The summed E-state index contributed by atoms with van der Waals surface area (Å²) in [6.07, 6.45) is 7.90. The molecule has 1 amide bonds. The molecule has 2 aliphatic heterocycles. The Hall–Kier alpha value is -1.10. The molecule has 1 spiro atoms. The van der Waals surface area contributed by atoms with Gasteiger partial charge in [-0.3, -0.25) is 4.79 Å². The SMILES string of the molecule is O=C(O)[C@@H]1C[C@@H]2CCCC[C@@H]2N1C(=O)[C@@H]1CC12CCOCC2. The molecular formula is C17H25NO4. The maximum atomic E-state index is 13.1. The van der Waals surface area contributed by atoms with E-state index in [0.29, 0.717) is 12.3 Å². The summed E-state index contributed by atoms with van der Waals surface area (Å²) < 4.78 is 5.42. The van der Waals surface area contributed by atoms with Crippen molar-refractivity contribution >= 4 is 11.9 Å². The van der Waals surface area contributed by atoms with E-state index in [2.05, 4.69) is 0 Å². The average Bonchev–Trinajstić information content (AvgIpc) is 3.06. The lowest BCUT2D eigenvalue weighted by molar-refractivity contribution is -0.151. The molecule has 4 atom stereocenters. The summed E-state index contributed by atoms with van der Waals surface area (Å²) in [4.78, 5) is 26.5. The highest BCUT2D eigenvalue weighted by Gasteiger charge is 2.61. The summed E-state index contributed by atoms with van der Waals surface area (Å²) >= 11 is 0. The van der Waals surface area contributed by atoms with Crippen molar-refractivity contribution in [2.24, 2.45) is 17.3 Å². The minimum atomic E-state index is -0.815. The molecule has 2 aliphatic carbocycles. The van der Waals surface area contributed by atoms with Gasteiger partial charge in [0, 0.05) is 25.2 Å². The highest BCUT2D eigenvalue weighted by atomic mass is 16.5. The van der Waals surface area contributed by atoms with Crippen LogP contribution < -0.4 is 0 Å². The van der Waals surface area contributed by atoms with E-state index >= 15 is 0 Å². The highest BCUT2D eigenvalue weighted by molar-refractivity contribution is 5.88. The normalized spacial score (nSPS) is 39.5. The summed E-state index contributed by atoms with van der Waals surface area (Å²) in [7, 11) is 0. The number of carbonyl (C=O) groups excluding carboxylic acids is 1. The van der Waals surface area contributed by atoms with Crippen LogP contribution in [-0.4, -0.2) is 47.2 Å². The lowest BCUT2D eigenvalue weighted by atomic mass is 9.84. The zero-order valence-electron chi connectivity index (χ0n) is 13.0. The van der Waals surface area contributed by atoms with Gasteiger partial charge in [0.15, 0.2) is 0 Å². The number of amides is 1. The molecule has 1 N–H and O–H groups in total. The number of hydrogen-bond acceptors (Lipinski definition) is 3. The fraction of sp³-hybridized carbons (Fsp3) is 0.882. The highest BCUT2D eigenvalue weighted by Crippen LogP contribution is 2.60. The summed E-state index contributed by atoms with van der Waals surface area (Å²) in [5.74, 6) is -0.227. The number of carboxylic acid groups (broad SMARTS) is 1. The van der Waals surface area contributed by atoms with Crippen LogP contribution in [0.1, 0.15) is 51.4 Å². The van der Waals surface area contributed by atoms with Gasteiger partial charge in [-0.15, -0.1) is 0 Å². The molecule has 4 fully saturated rings. The van der Waals surface area contributed by atoms with Crippen molar-refractivity contribution in [3.63, 3.8) is 0 Å². The first-order chi connectivity index (χ1) is 10.6. The maximum Gasteiger partial charge on any atom is 0.326 e. The van der Waals surface area contributed by atoms with Crippen LogP contribution in [0.4, 0.5) is 0 Å². The van der Waals surface area contributed by atoms with Crippen LogP contribution in [0.3, 0.4) is 0 Å². The third-order valence-corrected chi connectivity index (χ3v) is 6.60. The third kappa shape index (κ3) is 2.16. The number of carboxylic acids is 1. The number of ether oxygens (including phenoxy) is 1. The number of rotatable bonds is 2. The van der Waals surface area contributed by atoms with Crippen LogP contribution in [0.2, 0.25) is 0 Å². The monoisotopic (exact) mass is 307 g/mol. The molecule has 0 aromatic rings. The van der Waals surface area contributed by atoms with Crippen LogP contribution in [-0.2, 0) is 14.3 Å². The van der Waals surface area contributed by atoms with E-state index < -0.39 is 12.0 Å². The number of aliphatic carboxylic acids is 1. The van der Waals surface area contributed by atoms with Crippen molar-refractivity contribution in [3.05, 3.63) is 0 Å². The molecule has 2 saturated heterocycles. The van der Waals surface area contributed by atoms with E-state index in [1.165, 1.54) is 6.42 Å². The Kier molecular flexibility index (Phi) is 3.44. The molecule has 0 unspecified atom stereocenters. The second-order valence-electron chi connectivity index (χ2n) is 7.68. The first-order valence-corrected chi connectivity index (χ1v) is 8.75. The van der Waals surface area contributed by atoms with E-state index in [0.717, 1.165) is 51.7 Å². The van der Waals surface area contributed by atoms with E-state index in [1.807, 2.05) is 0 Å². The van der Waals surface area contributed by atoms with Crippen molar-refractivity contribution in [3.8, 4) is 0 Å². The molecule has 2 heterocycles. The average molecular weight is 307 g/mol. The summed E-state index contributed by atoms with van der Waals surface area (Å²) in [5, 5.41) is 9.57. The summed E-state index contributed by atoms with van der Waals surface area (Å²) in [5.41, 5.74) is 0.130. The molecule has 0 radical (unpaired) electrons. The lowest BCUT2D eigenvalue weighted by Gasteiger charge is -2.34. The first-order valence-electron chi connectivity index (χ1n) is 8.75. The van der Waals surface area contributed by atoms with Gasteiger partial charge in [-0.05, 0) is 49.9 Å². The Bertz CT molecular complexity index is 485. The molecule has 5 heteroatoms. The minimum absolute atomic E-state index is 0.0546. The van der Waals surface area contributed by atoms with Gasteiger partial charge in [0.05, 0.1) is 0 Å². The second kappa shape index (κ2) is 5.22. The molecule has 4 aliphatic rings. The zero-order chi connectivity index (χ0) is 15.3. The molecular weight excluding hydrogens is 282 g/mol. The Morgan fingerprint density at radius 1 is 1.14 bits per heavy atom. The Balaban J connectivity index is 1.54. The largest absolute Gasteiger partial charge is 0.480 e. The van der Waals surface area contributed by atoms with E-state index in [9.17, 15) is 14.7 Å². The topological polar surface area (TPSA) is 66.8 Å². The number of nitrogens with zero attached hydrogens (tertiary/aromatic N) is 1. The Morgan fingerprint density at radius 3 is 2.59 bits per heavy atom. The van der Waals surface area contributed by atoms with Crippen molar-refractivity contribution < 1.29 is 19.4 Å². The molecule has 4 rings (SSSR count). The molecule has 122 valence electrons. The number of hydrogen-bond donors (Lipinski definition) is 1. The van der Waals surface area contributed by atoms with Crippen molar-refractivity contribution in [2.45, 2.75) is 63.5 Å². The molecule has 22 heavy (non-hydrogen) atoms.